The summed E-state index contributed by atoms with van der Waals surface area (Å²) in [6, 6.07) is 8.08. The molecule has 3 rings (SSSR count). The minimum absolute atomic E-state index is 0.110. The Morgan fingerprint density at radius 1 is 1.17 bits per heavy atom. The summed E-state index contributed by atoms with van der Waals surface area (Å²) in [5.74, 6) is 0.110. The van der Waals surface area contributed by atoms with Gasteiger partial charge < -0.3 is 5.21 Å². The predicted molar refractivity (Wildman–Crippen MR) is 65.3 cm³/mol. The van der Waals surface area contributed by atoms with E-state index >= 15 is 0 Å². The summed E-state index contributed by atoms with van der Waals surface area (Å²) in [7, 11) is 0. The maximum atomic E-state index is 11.5. The van der Waals surface area contributed by atoms with Gasteiger partial charge in [0.25, 0.3) is 5.09 Å². The summed E-state index contributed by atoms with van der Waals surface area (Å²) >= 11 is 0. The SMILES string of the molecule is O=C1C=CC=C2C1=Cc1ccccc12.O=[N+]([O-])O. The Hall–Kier alpha value is -2.69. The molecule has 1 aromatic rings. The number of carbonyl (C=O) groups is 1. The lowest BCUT2D eigenvalue weighted by Crippen LogP contribution is -2.00. The van der Waals surface area contributed by atoms with Crippen LogP contribution in [0.5, 0.6) is 0 Å². The number of ketones is 1. The summed E-state index contributed by atoms with van der Waals surface area (Å²) in [6.45, 7) is 0. The van der Waals surface area contributed by atoms with E-state index < -0.39 is 5.09 Å². The first-order valence-electron chi connectivity index (χ1n) is 5.17. The van der Waals surface area contributed by atoms with Gasteiger partial charge >= 0.3 is 0 Å². The van der Waals surface area contributed by atoms with Gasteiger partial charge in [0.15, 0.2) is 5.78 Å². The number of nitrogens with zero attached hydrogens (tertiary/aromatic N) is 1. The normalized spacial score (nSPS) is 14.8. The van der Waals surface area contributed by atoms with Crippen LogP contribution in [-0.2, 0) is 4.79 Å². The van der Waals surface area contributed by atoms with E-state index in [2.05, 4.69) is 6.07 Å². The molecule has 0 saturated heterocycles. The van der Waals surface area contributed by atoms with Crippen LogP contribution < -0.4 is 0 Å². The molecule has 5 nitrogen and oxygen atoms in total. The Kier molecular flexibility index (Phi) is 3.05. The van der Waals surface area contributed by atoms with Gasteiger partial charge in [-0.25, -0.2) is 0 Å². The third kappa shape index (κ3) is 2.20. The lowest BCUT2D eigenvalue weighted by atomic mass is 9.96. The van der Waals surface area contributed by atoms with Crippen LogP contribution in [0, 0.1) is 10.1 Å². The lowest BCUT2D eigenvalue weighted by molar-refractivity contribution is -0.742. The Balaban J connectivity index is 0.000000267. The van der Waals surface area contributed by atoms with Crippen LogP contribution in [-0.4, -0.2) is 16.1 Å². The molecule has 2 aliphatic rings. The number of benzene rings is 1. The van der Waals surface area contributed by atoms with E-state index in [4.69, 9.17) is 15.3 Å². The monoisotopic (exact) mass is 243 g/mol. The third-order valence-corrected chi connectivity index (χ3v) is 2.62. The molecule has 0 heterocycles. The molecular formula is C13H9NO4. The number of carbonyl (C=O) groups excluding carboxylic acids is 1. The van der Waals surface area contributed by atoms with E-state index in [-0.39, 0.29) is 5.78 Å². The van der Waals surface area contributed by atoms with Crippen molar-refractivity contribution in [2.24, 2.45) is 0 Å². The third-order valence-electron chi connectivity index (χ3n) is 2.62. The topological polar surface area (TPSA) is 80.4 Å². The van der Waals surface area contributed by atoms with E-state index in [9.17, 15) is 4.79 Å². The highest BCUT2D eigenvalue weighted by atomic mass is 16.9. The van der Waals surface area contributed by atoms with E-state index in [0.29, 0.717) is 0 Å². The van der Waals surface area contributed by atoms with Crippen molar-refractivity contribution < 1.29 is 15.1 Å². The van der Waals surface area contributed by atoms with E-state index in [1.54, 1.807) is 6.08 Å². The molecule has 0 saturated carbocycles. The maximum Gasteiger partial charge on any atom is 0.291 e. The molecule has 1 N–H and O–H groups in total. The first kappa shape index (κ1) is 11.8. The summed E-state index contributed by atoms with van der Waals surface area (Å²) in [5.41, 5.74) is 4.20. The molecule has 0 aliphatic heterocycles. The molecule has 0 radical (unpaired) electrons. The highest BCUT2D eigenvalue weighted by Gasteiger charge is 2.23. The minimum atomic E-state index is -1.50. The Labute approximate surface area is 102 Å². The fourth-order valence-electron chi connectivity index (χ4n) is 1.95. The van der Waals surface area contributed by atoms with Crippen LogP contribution in [0.2, 0.25) is 0 Å². The smallest absolute Gasteiger partial charge is 0.291 e. The van der Waals surface area contributed by atoms with Crippen LogP contribution in [0.15, 0.2) is 48.1 Å². The van der Waals surface area contributed by atoms with Crippen LogP contribution >= 0.6 is 0 Å². The number of allylic oxidation sites excluding steroid dienone is 5. The van der Waals surface area contributed by atoms with Crippen LogP contribution in [0.3, 0.4) is 0 Å². The summed E-state index contributed by atoms with van der Waals surface area (Å²) in [4.78, 5) is 19.9. The van der Waals surface area contributed by atoms with Crippen molar-refractivity contribution >= 4 is 17.4 Å². The fraction of sp³-hybridized carbons (Fsp3) is 0. The molecule has 18 heavy (non-hydrogen) atoms. The average molecular weight is 243 g/mol. The molecule has 0 fully saturated rings. The predicted octanol–water partition coefficient (Wildman–Crippen LogP) is 2.26. The number of hydrogen-bond donors (Lipinski definition) is 1. The lowest BCUT2D eigenvalue weighted by Gasteiger charge is -2.06. The van der Waals surface area contributed by atoms with Gasteiger partial charge in [-0.05, 0) is 28.9 Å². The average Bonchev–Trinajstić information content (AvgIpc) is 2.69. The second-order valence-corrected chi connectivity index (χ2v) is 3.69. The zero-order valence-electron chi connectivity index (χ0n) is 9.24. The van der Waals surface area contributed by atoms with E-state index in [0.717, 1.165) is 16.7 Å². The van der Waals surface area contributed by atoms with Gasteiger partial charge in [-0.15, -0.1) is 10.1 Å². The molecule has 2 aliphatic carbocycles. The van der Waals surface area contributed by atoms with Crippen LogP contribution in [0.25, 0.3) is 11.6 Å². The minimum Gasteiger partial charge on any atom is -0.328 e. The molecule has 5 heteroatoms. The molecule has 0 aromatic heterocycles. The maximum absolute atomic E-state index is 11.5. The second-order valence-electron chi connectivity index (χ2n) is 3.69. The van der Waals surface area contributed by atoms with Crippen molar-refractivity contribution in [2.75, 3.05) is 0 Å². The molecule has 90 valence electrons. The van der Waals surface area contributed by atoms with E-state index in [1.165, 1.54) is 5.56 Å². The first-order valence-corrected chi connectivity index (χ1v) is 5.17. The zero-order valence-corrected chi connectivity index (χ0v) is 9.24. The van der Waals surface area contributed by atoms with Crippen molar-refractivity contribution in [3.05, 3.63) is 69.3 Å². The van der Waals surface area contributed by atoms with Crippen molar-refractivity contribution in [1.82, 2.24) is 0 Å². The molecule has 1 aromatic carbocycles. The Morgan fingerprint density at radius 3 is 2.56 bits per heavy atom. The highest BCUT2D eigenvalue weighted by molar-refractivity contribution is 6.23. The molecule has 0 bridgehead atoms. The first-order chi connectivity index (χ1) is 8.59. The molecule has 0 atom stereocenters. The molecule has 0 spiro atoms. The standard InChI is InChI=1S/C13H8O.HNO3/c14-13-7-3-6-11-10-5-2-1-4-9(10)8-12(11)13;2-1(3)4/h1-8H;(H,2,3,4). The van der Waals surface area contributed by atoms with Crippen molar-refractivity contribution in [3.63, 3.8) is 0 Å². The van der Waals surface area contributed by atoms with Gasteiger partial charge in [-0.2, -0.15) is 0 Å². The van der Waals surface area contributed by atoms with Gasteiger partial charge in [0.2, 0.25) is 0 Å². The quantitative estimate of drug-likeness (QED) is 0.559. The summed E-state index contributed by atoms with van der Waals surface area (Å²) in [5, 5.41) is 13.6. The molecular weight excluding hydrogens is 234 g/mol. The van der Waals surface area contributed by atoms with E-state index in [1.807, 2.05) is 36.4 Å². The number of fused-ring (bicyclic) bond motifs is 3. The molecule has 0 unspecified atom stereocenters. The summed E-state index contributed by atoms with van der Waals surface area (Å²) in [6.07, 6.45) is 7.39. The summed E-state index contributed by atoms with van der Waals surface area (Å²) < 4.78 is 0. The van der Waals surface area contributed by atoms with Crippen molar-refractivity contribution in [3.8, 4) is 0 Å². The zero-order chi connectivity index (χ0) is 13.1. The fourth-order valence-corrected chi connectivity index (χ4v) is 1.95. The number of hydrogen-bond acceptors (Lipinski definition) is 3. The largest absolute Gasteiger partial charge is 0.328 e. The van der Waals surface area contributed by atoms with Crippen LogP contribution in [0.1, 0.15) is 11.1 Å². The van der Waals surface area contributed by atoms with Gasteiger partial charge in [-0.3, -0.25) is 4.79 Å². The number of rotatable bonds is 0. The Bertz CT molecular complexity index is 607. The van der Waals surface area contributed by atoms with Crippen molar-refractivity contribution in [1.29, 1.82) is 0 Å². The van der Waals surface area contributed by atoms with Crippen LogP contribution in [0.4, 0.5) is 0 Å². The van der Waals surface area contributed by atoms with Gasteiger partial charge in [0, 0.05) is 5.57 Å². The van der Waals surface area contributed by atoms with Crippen molar-refractivity contribution in [2.45, 2.75) is 0 Å². The molecule has 0 amide bonds. The Morgan fingerprint density at radius 2 is 1.83 bits per heavy atom. The second kappa shape index (κ2) is 4.67. The van der Waals surface area contributed by atoms with Gasteiger partial charge in [-0.1, -0.05) is 36.4 Å². The van der Waals surface area contributed by atoms with Gasteiger partial charge in [0.1, 0.15) is 0 Å². The van der Waals surface area contributed by atoms with Gasteiger partial charge in [0.05, 0.1) is 0 Å². The highest BCUT2D eigenvalue weighted by Crippen LogP contribution is 2.37.